The molecule has 0 radical (unpaired) electrons. The van der Waals surface area contributed by atoms with E-state index in [4.69, 9.17) is 0 Å². The molecule has 0 aliphatic carbocycles. The molecule has 4 heteroatoms. The first kappa shape index (κ1) is 14.3. The standard InChI is InChI=1S/C16H22N4/c1-3-8-18-16-11-14(7-10-19-16)20-12-15-13(4-2)6-5-9-17-15/h5-7,9-11H,3-4,8,12H2,1-2H3,(H2,18,19,20). The Labute approximate surface area is 120 Å². The number of nitrogens with zero attached hydrogens (tertiary/aromatic N) is 2. The van der Waals surface area contributed by atoms with Gasteiger partial charge in [0.25, 0.3) is 0 Å². The molecular weight excluding hydrogens is 248 g/mol. The van der Waals surface area contributed by atoms with E-state index in [0.29, 0.717) is 0 Å². The molecule has 2 rings (SSSR count). The zero-order chi connectivity index (χ0) is 14.2. The van der Waals surface area contributed by atoms with E-state index in [0.717, 1.165) is 43.1 Å². The third kappa shape index (κ3) is 3.95. The quantitative estimate of drug-likeness (QED) is 0.809. The van der Waals surface area contributed by atoms with Crippen molar-refractivity contribution < 1.29 is 0 Å². The maximum atomic E-state index is 4.44. The van der Waals surface area contributed by atoms with Gasteiger partial charge in [0.05, 0.1) is 12.2 Å². The highest BCUT2D eigenvalue weighted by atomic mass is 15.0. The molecule has 20 heavy (non-hydrogen) atoms. The Balaban J connectivity index is 1.99. The molecule has 0 spiro atoms. The van der Waals surface area contributed by atoms with Crippen LogP contribution in [0.2, 0.25) is 0 Å². The van der Waals surface area contributed by atoms with E-state index in [9.17, 15) is 0 Å². The first-order valence-corrected chi connectivity index (χ1v) is 7.20. The zero-order valence-electron chi connectivity index (χ0n) is 12.2. The third-order valence-corrected chi connectivity index (χ3v) is 3.14. The highest BCUT2D eigenvalue weighted by Crippen LogP contribution is 2.14. The molecule has 0 atom stereocenters. The van der Waals surface area contributed by atoms with Crippen LogP contribution in [0.15, 0.2) is 36.7 Å². The Morgan fingerprint density at radius 3 is 2.75 bits per heavy atom. The highest BCUT2D eigenvalue weighted by molar-refractivity contribution is 5.52. The van der Waals surface area contributed by atoms with Gasteiger partial charge in [0, 0.05) is 30.7 Å². The molecule has 0 aromatic carbocycles. The number of rotatable bonds is 7. The van der Waals surface area contributed by atoms with Gasteiger partial charge in [-0.2, -0.15) is 0 Å². The Morgan fingerprint density at radius 1 is 1.05 bits per heavy atom. The molecule has 2 aromatic rings. The summed E-state index contributed by atoms with van der Waals surface area (Å²) in [5.74, 6) is 0.911. The van der Waals surface area contributed by atoms with Crippen LogP contribution in [0.5, 0.6) is 0 Å². The van der Waals surface area contributed by atoms with Crippen LogP contribution in [-0.2, 0) is 13.0 Å². The highest BCUT2D eigenvalue weighted by Gasteiger charge is 2.02. The van der Waals surface area contributed by atoms with Crippen LogP contribution in [0.4, 0.5) is 11.5 Å². The van der Waals surface area contributed by atoms with Crippen molar-refractivity contribution in [1.29, 1.82) is 0 Å². The van der Waals surface area contributed by atoms with Gasteiger partial charge in [0.15, 0.2) is 0 Å². The summed E-state index contributed by atoms with van der Waals surface area (Å²) in [6, 6.07) is 8.13. The minimum absolute atomic E-state index is 0.737. The van der Waals surface area contributed by atoms with E-state index < -0.39 is 0 Å². The van der Waals surface area contributed by atoms with Crippen molar-refractivity contribution in [2.75, 3.05) is 17.2 Å². The van der Waals surface area contributed by atoms with Crippen LogP contribution in [-0.4, -0.2) is 16.5 Å². The van der Waals surface area contributed by atoms with Crippen molar-refractivity contribution in [1.82, 2.24) is 9.97 Å². The van der Waals surface area contributed by atoms with Crippen molar-refractivity contribution in [2.24, 2.45) is 0 Å². The zero-order valence-corrected chi connectivity index (χ0v) is 12.2. The lowest BCUT2D eigenvalue weighted by molar-refractivity contribution is 0.963. The van der Waals surface area contributed by atoms with Gasteiger partial charge in [-0.25, -0.2) is 4.98 Å². The number of hydrogen-bond donors (Lipinski definition) is 2. The normalized spacial score (nSPS) is 10.3. The molecule has 0 saturated carbocycles. The second kappa shape index (κ2) is 7.48. The van der Waals surface area contributed by atoms with Crippen molar-refractivity contribution in [3.8, 4) is 0 Å². The van der Waals surface area contributed by atoms with E-state index in [1.807, 2.05) is 30.6 Å². The van der Waals surface area contributed by atoms with E-state index in [2.05, 4.69) is 40.5 Å². The van der Waals surface area contributed by atoms with Gasteiger partial charge in [0.2, 0.25) is 0 Å². The molecule has 106 valence electrons. The van der Waals surface area contributed by atoms with Gasteiger partial charge in [-0.3, -0.25) is 4.98 Å². The number of aromatic nitrogens is 2. The Morgan fingerprint density at radius 2 is 1.95 bits per heavy atom. The van der Waals surface area contributed by atoms with Crippen LogP contribution in [0, 0.1) is 0 Å². The molecule has 0 aliphatic heterocycles. The summed E-state index contributed by atoms with van der Waals surface area (Å²) in [6.07, 6.45) is 5.76. The minimum Gasteiger partial charge on any atom is -0.379 e. The van der Waals surface area contributed by atoms with Crippen LogP contribution in [0.25, 0.3) is 0 Å². The molecule has 2 heterocycles. The number of pyridine rings is 2. The number of anilines is 2. The summed E-state index contributed by atoms with van der Waals surface area (Å²) in [5, 5.41) is 6.70. The third-order valence-electron chi connectivity index (χ3n) is 3.14. The lowest BCUT2D eigenvalue weighted by atomic mass is 10.1. The van der Waals surface area contributed by atoms with Crippen LogP contribution < -0.4 is 10.6 Å². The smallest absolute Gasteiger partial charge is 0.127 e. The number of aryl methyl sites for hydroxylation is 1. The maximum absolute atomic E-state index is 4.44. The summed E-state index contributed by atoms with van der Waals surface area (Å²) < 4.78 is 0. The fraction of sp³-hybridized carbons (Fsp3) is 0.375. The summed E-state index contributed by atoms with van der Waals surface area (Å²) in [5.41, 5.74) is 3.46. The lowest BCUT2D eigenvalue weighted by Crippen LogP contribution is -2.06. The van der Waals surface area contributed by atoms with Gasteiger partial charge in [0.1, 0.15) is 5.82 Å². The molecule has 2 aromatic heterocycles. The van der Waals surface area contributed by atoms with E-state index >= 15 is 0 Å². The fourth-order valence-electron chi connectivity index (χ4n) is 2.03. The Bertz CT molecular complexity index is 540. The van der Waals surface area contributed by atoms with E-state index in [1.165, 1.54) is 5.56 Å². The van der Waals surface area contributed by atoms with Gasteiger partial charge < -0.3 is 10.6 Å². The van der Waals surface area contributed by atoms with Crippen LogP contribution >= 0.6 is 0 Å². The van der Waals surface area contributed by atoms with E-state index in [-0.39, 0.29) is 0 Å². The summed E-state index contributed by atoms with van der Waals surface area (Å²) in [6.45, 7) is 5.97. The molecule has 4 nitrogen and oxygen atoms in total. The largest absolute Gasteiger partial charge is 0.379 e. The number of nitrogens with one attached hydrogen (secondary N) is 2. The fourth-order valence-corrected chi connectivity index (χ4v) is 2.03. The summed E-state index contributed by atoms with van der Waals surface area (Å²) in [7, 11) is 0. The first-order valence-electron chi connectivity index (χ1n) is 7.20. The average molecular weight is 270 g/mol. The first-order chi connectivity index (χ1) is 9.83. The Hall–Kier alpha value is -2.10. The molecular formula is C16H22N4. The topological polar surface area (TPSA) is 49.8 Å². The Kier molecular flexibility index (Phi) is 5.35. The van der Waals surface area contributed by atoms with Gasteiger partial charge >= 0.3 is 0 Å². The molecule has 0 amide bonds. The molecule has 0 saturated heterocycles. The van der Waals surface area contributed by atoms with Crippen molar-refractivity contribution in [2.45, 2.75) is 33.2 Å². The SMILES string of the molecule is CCCNc1cc(NCc2ncccc2CC)ccn1. The van der Waals surface area contributed by atoms with Gasteiger partial charge in [-0.1, -0.05) is 19.9 Å². The lowest BCUT2D eigenvalue weighted by Gasteiger charge is -2.10. The van der Waals surface area contributed by atoms with Crippen molar-refractivity contribution >= 4 is 11.5 Å². The molecule has 0 fully saturated rings. The second-order valence-corrected chi connectivity index (χ2v) is 4.67. The van der Waals surface area contributed by atoms with Crippen molar-refractivity contribution in [3.05, 3.63) is 47.9 Å². The van der Waals surface area contributed by atoms with Gasteiger partial charge in [-0.15, -0.1) is 0 Å². The number of hydrogen-bond acceptors (Lipinski definition) is 4. The molecule has 0 bridgehead atoms. The summed E-state index contributed by atoms with van der Waals surface area (Å²) in [4.78, 5) is 8.74. The molecule has 0 aliphatic rings. The van der Waals surface area contributed by atoms with Crippen LogP contribution in [0.3, 0.4) is 0 Å². The van der Waals surface area contributed by atoms with Gasteiger partial charge in [-0.05, 0) is 30.5 Å². The molecule has 0 unspecified atom stereocenters. The second-order valence-electron chi connectivity index (χ2n) is 4.67. The summed E-state index contributed by atoms with van der Waals surface area (Å²) >= 11 is 0. The van der Waals surface area contributed by atoms with Crippen molar-refractivity contribution in [3.63, 3.8) is 0 Å². The maximum Gasteiger partial charge on any atom is 0.127 e. The average Bonchev–Trinajstić information content (AvgIpc) is 2.51. The molecule has 2 N–H and O–H groups in total. The predicted molar refractivity (Wildman–Crippen MR) is 84.0 cm³/mol. The minimum atomic E-state index is 0.737. The predicted octanol–water partition coefficient (Wildman–Crippen LogP) is 3.47. The van der Waals surface area contributed by atoms with Crippen LogP contribution in [0.1, 0.15) is 31.5 Å². The van der Waals surface area contributed by atoms with E-state index in [1.54, 1.807) is 0 Å². The monoisotopic (exact) mass is 270 g/mol.